The van der Waals surface area contributed by atoms with Crippen LogP contribution in [0, 0.1) is 12.8 Å². The first-order valence-corrected chi connectivity index (χ1v) is 12.9. The van der Waals surface area contributed by atoms with Crippen LogP contribution in [0.4, 0.5) is 11.4 Å². The normalized spacial score (nSPS) is 18.3. The molecule has 2 atom stereocenters. The number of rotatable bonds is 8. The Labute approximate surface area is 217 Å². The zero-order valence-electron chi connectivity index (χ0n) is 21.1. The lowest BCUT2D eigenvalue weighted by Crippen LogP contribution is -2.29. The van der Waals surface area contributed by atoms with Crippen molar-refractivity contribution in [2.75, 3.05) is 31.6 Å². The summed E-state index contributed by atoms with van der Waals surface area (Å²) in [5.74, 6) is -0.210. The van der Waals surface area contributed by atoms with Crippen molar-refractivity contribution >= 4 is 28.2 Å². The van der Waals surface area contributed by atoms with E-state index in [4.69, 9.17) is 4.74 Å². The second-order valence-electron chi connectivity index (χ2n) is 9.71. The summed E-state index contributed by atoms with van der Waals surface area (Å²) in [6.07, 6.45) is 1.48. The largest absolute Gasteiger partial charge is 0.492 e. The van der Waals surface area contributed by atoms with Crippen LogP contribution in [-0.2, 0) is 4.79 Å². The summed E-state index contributed by atoms with van der Waals surface area (Å²) in [5, 5.41) is 14.5. The first-order chi connectivity index (χ1) is 18.1. The topological polar surface area (TPSA) is 74.7 Å². The summed E-state index contributed by atoms with van der Waals surface area (Å²) < 4.78 is 6.11. The molecule has 37 heavy (non-hydrogen) atoms. The Balaban J connectivity index is 1.19. The Kier molecular flexibility index (Phi) is 7.66. The van der Waals surface area contributed by atoms with Crippen LogP contribution in [-0.4, -0.2) is 47.2 Å². The summed E-state index contributed by atoms with van der Waals surface area (Å²) in [6, 6.07) is 28.2. The Morgan fingerprint density at radius 1 is 1.00 bits per heavy atom. The molecule has 1 fully saturated rings. The molecule has 1 aliphatic heterocycles. The molecule has 2 N–H and O–H groups in total. The molecule has 0 amide bonds. The summed E-state index contributed by atoms with van der Waals surface area (Å²) in [6.45, 7) is 4.94. The van der Waals surface area contributed by atoms with Crippen molar-refractivity contribution in [3.8, 4) is 5.75 Å². The molecule has 1 aromatic heterocycles. The highest BCUT2D eigenvalue weighted by Crippen LogP contribution is 2.34. The quantitative estimate of drug-likeness (QED) is 0.301. The zero-order chi connectivity index (χ0) is 25.6. The number of anilines is 2. The van der Waals surface area contributed by atoms with Crippen molar-refractivity contribution in [3.63, 3.8) is 0 Å². The Morgan fingerprint density at radius 2 is 1.78 bits per heavy atom. The van der Waals surface area contributed by atoms with E-state index < -0.39 is 5.97 Å². The lowest BCUT2D eigenvalue weighted by Gasteiger charge is -2.21. The van der Waals surface area contributed by atoms with Crippen molar-refractivity contribution in [2.24, 2.45) is 5.92 Å². The van der Waals surface area contributed by atoms with Crippen LogP contribution >= 0.6 is 0 Å². The number of fused-ring (bicyclic) bond motifs is 1. The predicted molar refractivity (Wildman–Crippen MR) is 148 cm³/mol. The Morgan fingerprint density at radius 3 is 2.62 bits per heavy atom. The van der Waals surface area contributed by atoms with Gasteiger partial charge in [-0.1, -0.05) is 54.6 Å². The maximum Gasteiger partial charge on any atom is 0.307 e. The van der Waals surface area contributed by atoms with Gasteiger partial charge < -0.3 is 15.2 Å². The van der Waals surface area contributed by atoms with E-state index in [0.29, 0.717) is 13.0 Å². The van der Waals surface area contributed by atoms with Gasteiger partial charge in [-0.25, -0.2) is 0 Å². The fraction of sp³-hybridized carbons (Fsp3) is 0.290. The van der Waals surface area contributed by atoms with Gasteiger partial charge in [-0.05, 0) is 68.6 Å². The highest BCUT2D eigenvalue weighted by atomic mass is 16.5. The molecule has 0 radical (unpaired) electrons. The molecule has 2 unspecified atom stereocenters. The number of ether oxygens (including phenoxy) is 1. The first kappa shape index (κ1) is 24.8. The summed E-state index contributed by atoms with van der Waals surface area (Å²) in [5.41, 5.74) is 5.03. The fourth-order valence-electron chi connectivity index (χ4n) is 5.30. The molecule has 0 saturated carbocycles. The average molecular weight is 496 g/mol. The van der Waals surface area contributed by atoms with E-state index in [0.717, 1.165) is 65.3 Å². The number of hydrogen-bond acceptors (Lipinski definition) is 5. The molecule has 1 saturated heterocycles. The number of aromatic nitrogens is 1. The van der Waals surface area contributed by atoms with Gasteiger partial charge in [0.1, 0.15) is 12.4 Å². The van der Waals surface area contributed by atoms with Gasteiger partial charge in [0.05, 0.1) is 11.4 Å². The molecule has 6 nitrogen and oxygen atoms in total. The van der Waals surface area contributed by atoms with Crippen LogP contribution < -0.4 is 10.1 Å². The van der Waals surface area contributed by atoms with Crippen molar-refractivity contribution < 1.29 is 14.6 Å². The van der Waals surface area contributed by atoms with Crippen LogP contribution in [0.5, 0.6) is 5.75 Å². The maximum absolute atomic E-state index is 12.0. The number of aryl methyl sites for hydroxylation is 1. The molecule has 0 bridgehead atoms. The highest BCUT2D eigenvalue weighted by Gasteiger charge is 2.32. The number of carboxylic acid groups (broad SMARTS) is 1. The minimum Gasteiger partial charge on any atom is -0.492 e. The van der Waals surface area contributed by atoms with E-state index in [1.807, 2.05) is 67.6 Å². The van der Waals surface area contributed by atoms with E-state index in [9.17, 15) is 9.90 Å². The summed E-state index contributed by atoms with van der Waals surface area (Å²) >= 11 is 0. The van der Waals surface area contributed by atoms with Gasteiger partial charge in [0.25, 0.3) is 0 Å². The predicted octanol–water partition coefficient (Wildman–Crippen LogP) is 6.25. The number of likely N-dealkylation sites (tertiary alicyclic amines) is 1. The third-order valence-electron chi connectivity index (χ3n) is 7.18. The molecule has 3 aromatic carbocycles. The number of benzene rings is 3. The second-order valence-corrected chi connectivity index (χ2v) is 9.71. The number of para-hydroxylation sites is 1. The van der Waals surface area contributed by atoms with E-state index in [-0.39, 0.29) is 11.8 Å². The van der Waals surface area contributed by atoms with Gasteiger partial charge in [0.15, 0.2) is 0 Å². The van der Waals surface area contributed by atoms with Crippen LogP contribution in [0.25, 0.3) is 10.9 Å². The van der Waals surface area contributed by atoms with Gasteiger partial charge in [-0.2, -0.15) is 0 Å². The second kappa shape index (κ2) is 11.4. The lowest BCUT2D eigenvalue weighted by molar-refractivity contribution is -0.142. The number of carbonyl (C=O) groups is 1. The highest BCUT2D eigenvalue weighted by molar-refractivity contribution is 5.93. The standard InChI is InChI=1S/C31H33N3O3/c1-22-20-30(28-12-5-6-13-29(28)32-22)33-24-10-7-11-25(21-24)37-19-18-34-16-14-26(23-8-3-2-4-9-23)27(15-17-34)31(35)36/h2-13,20-21,26-27H,14-19H2,1H3,(H,32,33)(H,35,36). The number of nitrogens with one attached hydrogen (secondary N) is 1. The van der Waals surface area contributed by atoms with E-state index in [2.05, 4.69) is 39.5 Å². The molecule has 6 heteroatoms. The molecule has 4 aromatic rings. The van der Waals surface area contributed by atoms with Crippen LogP contribution in [0.1, 0.15) is 30.0 Å². The molecule has 2 heterocycles. The average Bonchev–Trinajstić information content (AvgIpc) is 3.12. The van der Waals surface area contributed by atoms with E-state index >= 15 is 0 Å². The number of nitrogens with zero attached hydrogens (tertiary/aromatic N) is 2. The van der Waals surface area contributed by atoms with Crippen molar-refractivity contribution in [3.05, 3.63) is 96.2 Å². The molecular weight excluding hydrogens is 462 g/mol. The number of pyridine rings is 1. The van der Waals surface area contributed by atoms with Crippen LogP contribution in [0.2, 0.25) is 0 Å². The summed E-state index contributed by atoms with van der Waals surface area (Å²) in [4.78, 5) is 18.9. The summed E-state index contributed by atoms with van der Waals surface area (Å²) in [7, 11) is 0. The number of hydrogen-bond donors (Lipinski definition) is 2. The molecular formula is C31H33N3O3. The van der Waals surface area contributed by atoms with Crippen molar-refractivity contribution in [2.45, 2.75) is 25.7 Å². The van der Waals surface area contributed by atoms with Gasteiger partial charge >= 0.3 is 5.97 Å². The maximum atomic E-state index is 12.0. The Bertz CT molecular complexity index is 1360. The lowest BCUT2D eigenvalue weighted by atomic mass is 9.82. The smallest absolute Gasteiger partial charge is 0.307 e. The number of carboxylic acids is 1. The van der Waals surface area contributed by atoms with Crippen molar-refractivity contribution in [1.29, 1.82) is 0 Å². The minimum absolute atomic E-state index is 0.0419. The number of aliphatic carboxylic acids is 1. The minimum atomic E-state index is -0.701. The third-order valence-corrected chi connectivity index (χ3v) is 7.18. The molecule has 0 spiro atoms. The van der Waals surface area contributed by atoms with Crippen LogP contribution in [0.3, 0.4) is 0 Å². The van der Waals surface area contributed by atoms with E-state index in [1.165, 1.54) is 0 Å². The van der Waals surface area contributed by atoms with Crippen LogP contribution in [0.15, 0.2) is 84.9 Å². The molecule has 190 valence electrons. The van der Waals surface area contributed by atoms with Gasteiger partial charge in [-0.3, -0.25) is 14.7 Å². The molecule has 5 rings (SSSR count). The fourth-order valence-corrected chi connectivity index (χ4v) is 5.30. The van der Waals surface area contributed by atoms with Gasteiger partial charge in [0, 0.05) is 35.1 Å². The molecule has 0 aliphatic carbocycles. The van der Waals surface area contributed by atoms with Crippen molar-refractivity contribution in [1.82, 2.24) is 9.88 Å². The Hall–Kier alpha value is -3.90. The van der Waals surface area contributed by atoms with E-state index in [1.54, 1.807) is 0 Å². The van der Waals surface area contributed by atoms with Gasteiger partial charge in [-0.15, -0.1) is 0 Å². The molecule has 1 aliphatic rings. The third kappa shape index (κ3) is 6.09. The van der Waals surface area contributed by atoms with Gasteiger partial charge in [0.2, 0.25) is 0 Å². The zero-order valence-corrected chi connectivity index (χ0v) is 21.1. The SMILES string of the molecule is Cc1cc(Nc2cccc(OCCN3CCC(C(=O)O)C(c4ccccc4)CC3)c2)c2ccccc2n1. The first-order valence-electron chi connectivity index (χ1n) is 12.9. The monoisotopic (exact) mass is 495 g/mol.